The lowest BCUT2D eigenvalue weighted by Crippen LogP contribution is -2.44. The number of phenolic OH excluding ortho intramolecular Hbond substituents is 1. The van der Waals surface area contributed by atoms with Gasteiger partial charge in [-0.1, -0.05) is 31.4 Å². The Labute approximate surface area is 144 Å². The number of hydrogen-bond donors (Lipinski definition) is 3. The van der Waals surface area contributed by atoms with Crippen molar-refractivity contribution in [3.63, 3.8) is 0 Å². The molecule has 0 aromatic heterocycles. The van der Waals surface area contributed by atoms with Crippen molar-refractivity contribution in [1.29, 1.82) is 0 Å². The highest BCUT2D eigenvalue weighted by Gasteiger charge is 2.14. The zero-order valence-corrected chi connectivity index (χ0v) is 15.0. The molecule has 1 aliphatic carbocycles. The summed E-state index contributed by atoms with van der Waals surface area (Å²) in [6.45, 7) is 3.52. The van der Waals surface area contributed by atoms with Crippen LogP contribution in [0.5, 0.6) is 5.75 Å². The van der Waals surface area contributed by atoms with Crippen LogP contribution < -0.4 is 10.6 Å². The van der Waals surface area contributed by atoms with Crippen LogP contribution in [0, 0.1) is 0 Å². The molecule has 1 aliphatic rings. The molecular weight excluding hydrogens is 377 g/mol. The van der Waals surface area contributed by atoms with Crippen LogP contribution in [-0.4, -0.2) is 23.7 Å². The molecule has 1 saturated carbocycles. The maximum atomic E-state index is 9.46. The van der Waals surface area contributed by atoms with Crippen molar-refractivity contribution in [2.24, 2.45) is 4.99 Å². The highest BCUT2D eigenvalue weighted by Crippen LogP contribution is 2.17. The molecule has 2 rings (SSSR count). The summed E-state index contributed by atoms with van der Waals surface area (Å²) in [4.78, 5) is 4.60. The number of guanidine groups is 1. The van der Waals surface area contributed by atoms with E-state index in [1.54, 1.807) is 12.1 Å². The minimum absolute atomic E-state index is 0. The molecule has 4 nitrogen and oxygen atoms in total. The van der Waals surface area contributed by atoms with Crippen LogP contribution in [0.15, 0.2) is 29.3 Å². The smallest absolute Gasteiger partial charge is 0.191 e. The van der Waals surface area contributed by atoms with Crippen molar-refractivity contribution in [2.75, 3.05) is 6.54 Å². The van der Waals surface area contributed by atoms with Crippen molar-refractivity contribution in [1.82, 2.24) is 10.6 Å². The first kappa shape index (κ1) is 18.1. The average molecular weight is 403 g/mol. The molecule has 5 heteroatoms. The van der Waals surface area contributed by atoms with Crippen LogP contribution in [0.2, 0.25) is 0 Å². The molecule has 0 spiro atoms. The molecule has 0 unspecified atom stereocenters. The first-order valence-corrected chi connectivity index (χ1v) is 7.60. The third kappa shape index (κ3) is 6.54. The molecule has 0 atom stereocenters. The van der Waals surface area contributed by atoms with Crippen molar-refractivity contribution < 1.29 is 5.11 Å². The summed E-state index contributed by atoms with van der Waals surface area (Å²) in [7, 11) is 0. The normalized spacial score (nSPS) is 16.1. The molecule has 0 radical (unpaired) electrons. The molecule has 1 aromatic carbocycles. The molecule has 1 aromatic rings. The first-order chi connectivity index (χ1) is 9.78. The monoisotopic (exact) mass is 403 g/mol. The van der Waals surface area contributed by atoms with Crippen LogP contribution in [-0.2, 0) is 6.54 Å². The Morgan fingerprint density at radius 2 is 2.05 bits per heavy atom. The van der Waals surface area contributed by atoms with Gasteiger partial charge in [-0.25, -0.2) is 4.99 Å². The molecule has 0 bridgehead atoms. The van der Waals surface area contributed by atoms with Gasteiger partial charge in [-0.15, -0.1) is 24.0 Å². The molecular formula is C16H26IN3O. The van der Waals surface area contributed by atoms with Crippen molar-refractivity contribution in [3.8, 4) is 5.75 Å². The van der Waals surface area contributed by atoms with E-state index in [4.69, 9.17) is 0 Å². The van der Waals surface area contributed by atoms with E-state index in [9.17, 15) is 5.11 Å². The summed E-state index contributed by atoms with van der Waals surface area (Å²) in [5.74, 6) is 1.17. The van der Waals surface area contributed by atoms with E-state index >= 15 is 0 Å². The Morgan fingerprint density at radius 3 is 2.71 bits per heavy atom. The number of nitrogens with one attached hydrogen (secondary N) is 2. The van der Waals surface area contributed by atoms with Crippen LogP contribution in [0.4, 0.5) is 0 Å². The van der Waals surface area contributed by atoms with Crippen LogP contribution in [0.1, 0.15) is 44.6 Å². The van der Waals surface area contributed by atoms with E-state index < -0.39 is 0 Å². The molecule has 118 valence electrons. The Morgan fingerprint density at radius 1 is 1.29 bits per heavy atom. The number of phenols is 1. The number of aromatic hydroxyl groups is 1. The molecule has 21 heavy (non-hydrogen) atoms. The maximum Gasteiger partial charge on any atom is 0.191 e. The number of rotatable bonds is 4. The van der Waals surface area contributed by atoms with Gasteiger partial charge < -0.3 is 15.7 Å². The standard InChI is InChI=1S/C16H25N3O.HI/c1-2-17-16(19-14-8-4-3-5-9-14)18-12-13-7-6-10-15(20)11-13;/h6-7,10-11,14,20H,2-5,8-9,12H2,1H3,(H2,17,18,19);1H. The molecule has 0 heterocycles. The second-order valence-electron chi connectivity index (χ2n) is 5.34. The van der Waals surface area contributed by atoms with Gasteiger partial charge in [-0.2, -0.15) is 0 Å². The largest absolute Gasteiger partial charge is 0.508 e. The summed E-state index contributed by atoms with van der Waals surface area (Å²) < 4.78 is 0. The first-order valence-electron chi connectivity index (χ1n) is 7.60. The second kappa shape index (κ2) is 9.87. The molecule has 3 N–H and O–H groups in total. The van der Waals surface area contributed by atoms with Gasteiger partial charge in [-0.3, -0.25) is 0 Å². The van der Waals surface area contributed by atoms with Crippen molar-refractivity contribution in [2.45, 2.75) is 51.6 Å². The lowest BCUT2D eigenvalue weighted by atomic mass is 9.96. The number of benzene rings is 1. The summed E-state index contributed by atoms with van der Waals surface area (Å²) >= 11 is 0. The predicted octanol–water partition coefficient (Wildman–Crippen LogP) is 3.40. The third-order valence-electron chi connectivity index (χ3n) is 3.62. The molecule has 1 fully saturated rings. The average Bonchev–Trinajstić information content (AvgIpc) is 2.46. The fourth-order valence-corrected chi connectivity index (χ4v) is 2.59. The minimum Gasteiger partial charge on any atom is -0.508 e. The summed E-state index contributed by atoms with van der Waals surface area (Å²) in [5.41, 5.74) is 1.02. The van der Waals surface area contributed by atoms with Crippen LogP contribution in [0.25, 0.3) is 0 Å². The highest BCUT2D eigenvalue weighted by atomic mass is 127. The van der Waals surface area contributed by atoms with Gasteiger partial charge in [-0.05, 0) is 37.5 Å². The number of nitrogens with zero attached hydrogens (tertiary/aromatic N) is 1. The van der Waals surface area contributed by atoms with E-state index in [0.717, 1.165) is 18.1 Å². The van der Waals surface area contributed by atoms with Crippen LogP contribution in [0.3, 0.4) is 0 Å². The summed E-state index contributed by atoms with van der Waals surface area (Å²) in [6.07, 6.45) is 6.44. The number of aliphatic imine (C=N–C) groups is 1. The van der Waals surface area contributed by atoms with Crippen molar-refractivity contribution >= 4 is 29.9 Å². The Balaban J connectivity index is 0.00000220. The van der Waals surface area contributed by atoms with Gasteiger partial charge in [0.25, 0.3) is 0 Å². The number of hydrogen-bond acceptors (Lipinski definition) is 2. The van der Waals surface area contributed by atoms with Gasteiger partial charge in [0.2, 0.25) is 0 Å². The van der Waals surface area contributed by atoms with Gasteiger partial charge in [0.15, 0.2) is 5.96 Å². The molecule has 0 saturated heterocycles. The SMILES string of the molecule is CCNC(=NCc1cccc(O)c1)NC1CCCCC1.I. The molecule has 0 aliphatic heterocycles. The zero-order chi connectivity index (χ0) is 14.2. The second-order valence-corrected chi connectivity index (χ2v) is 5.34. The fourth-order valence-electron chi connectivity index (χ4n) is 2.59. The third-order valence-corrected chi connectivity index (χ3v) is 3.62. The lowest BCUT2D eigenvalue weighted by molar-refractivity contribution is 0.410. The Bertz CT molecular complexity index is 445. The zero-order valence-electron chi connectivity index (χ0n) is 12.6. The van der Waals surface area contributed by atoms with Gasteiger partial charge in [0.1, 0.15) is 5.75 Å². The van der Waals surface area contributed by atoms with Gasteiger partial charge in [0.05, 0.1) is 6.54 Å². The Kier molecular flexibility index (Phi) is 8.49. The maximum absolute atomic E-state index is 9.46. The van der Waals surface area contributed by atoms with E-state index in [0.29, 0.717) is 18.3 Å². The topological polar surface area (TPSA) is 56.7 Å². The van der Waals surface area contributed by atoms with E-state index in [1.165, 1.54) is 32.1 Å². The fraction of sp³-hybridized carbons (Fsp3) is 0.562. The van der Waals surface area contributed by atoms with Crippen molar-refractivity contribution in [3.05, 3.63) is 29.8 Å². The Hall–Kier alpha value is -0.980. The van der Waals surface area contributed by atoms with Gasteiger partial charge >= 0.3 is 0 Å². The minimum atomic E-state index is 0. The van der Waals surface area contributed by atoms with Crippen LogP contribution >= 0.6 is 24.0 Å². The van der Waals surface area contributed by atoms with Gasteiger partial charge in [0, 0.05) is 12.6 Å². The predicted molar refractivity (Wildman–Crippen MR) is 98.3 cm³/mol. The number of halogens is 1. The van der Waals surface area contributed by atoms with E-state index in [2.05, 4.69) is 22.5 Å². The summed E-state index contributed by atoms with van der Waals surface area (Å²) in [5, 5.41) is 16.3. The quantitative estimate of drug-likeness (QED) is 0.410. The lowest BCUT2D eigenvalue weighted by Gasteiger charge is -2.24. The molecule has 0 amide bonds. The summed E-state index contributed by atoms with van der Waals surface area (Å²) in [6, 6.07) is 7.81. The highest BCUT2D eigenvalue weighted by molar-refractivity contribution is 14.0. The van der Waals surface area contributed by atoms with E-state index in [1.807, 2.05) is 12.1 Å². The van der Waals surface area contributed by atoms with E-state index in [-0.39, 0.29) is 24.0 Å².